The molecule has 0 amide bonds. The van der Waals surface area contributed by atoms with Crippen molar-refractivity contribution in [3.8, 4) is 11.5 Å². The number of ether oxygens (including phenoxy) is 2. The Kier molecular flexibility index (Phi) is 5.71. The summed E-state index contributed by atoms with van der Waals surface area (Å²) >= 11 is 6.00. The maximum absolute atomic E-state index is 6.00. The van der Waals surface area contributed by atoms with Crippen molar-refractivity contribution < 1.29 is 9.47 Å². The molecule has 0 aromatic heterocycles. The summed E-state index contributed by atoms with van der Waals surface area (Å²) in [5, 5.41) is 3.72. The van der Waals surface area contributed by atoms with E-state index in [1.165, 1.54) is 5.56 Å². The van der Waals surface area contributed by atoms with E-state index in [-0.39, 0.29) is 0 Å². The van der Waals surface area contributed by atoms with Gasteiger partial charge in [-0.15, -0.1) is 0 Å². The minimum absolute atomic E-state index is 0.460. The number of para-hydroxylation sites is 1. The average molecular weight is 292 g/mol. The maximum atomic E-state index is 6.00. The third kappa shape index (κ3) is 4.44. The Morgan fingerprint density at radius 2 is 1.65 bits per heavy atom. The summed E-state index contributed by atoms with van der Waals surface area (Å²) in [4.78, 5) is 0. The Morgan fingerprint density at radius 1 is 0.950 bits per heavy atom. The maximum Gasteiger partial charge on any atom is 0.138 e. The Bertz CT molecular complexity index is 528. The second kappa shape index (κ2) is 7.78. The van der Waals surface area contributed by atoms with E-state index >= 15 is 0 Å². The molecule has 0 spiro atoms. The van der Waals surface area contributed by atoms with Crippen molar-refractivity contribution in [3.63, 3.8) is 0 Å². The van der Waals surface area contributed by atoms with Crippen molar-refractivity contribution in [2.75, 3.05) is 20.3 Å². The topological polar surface area (TPSA) is 30.5 Å². The summed E-state index contributed by atoms with van der Waals surface area (Å²) < 4.78 is 11.2. The molecule has 0 aliphatic rings. The van der Waals surface area contributed by atoms with E-state index in [0.717, 1.165) is 12.3 Å². The molecule has 2 aromatic carbocycles. The summed E-state index contributed by atoms with van der Waals surface area (Å²) in [5.41, 5.74) is 1.23. The van der Waals surface area contributed by atoms with Gasteiger partial charge in [-0.3, -0.25) is 0 Å². The molecule has 106 valence electrons. The fraction of sp³-hybridized carbons (Fsp3) is 0.250. The number of rotatable bonds is 7. The quantitative estimate of drug-likeness (QED) is 0.792. The van der Waals surface area contributed by atoms with Crippen LogP contribution >= 0.6 is 11.6 Å². The highest BCUT2D eigenvalue weighted by atomic mass is 35.5. The van der Waals surface area contributed by atoms with Crippen LogP contribution in [0.1, 0.15) is 5.56 Å². The summed E-state index contributed by atoms with van der Waals surface area (Å²) in [6, 6.07) is 15.4. The Hall–Kier alpha value is -1.71. The van der Waals surface area contributed by atoms with Gasteiger partial charge in [0.1, 0.15) is 24.7 Å². The van der Waals surface area contributed by atoms with Crippen molar-refractivity contribution in [2.24, 2.45) is 0 Å². The van der Waals surface area contributed by atoms with Gasteiger partial charge in [0.15, 0.2) is 0 Å². The van der Waals surface area contributed by atoms with Gasteiger partial charge in [0.2, 0.25) is 0 Å². The molecule has 0 atom stereocenters. The van der Waals surface area contributed by atoms with E-state index < -0.39 is 0 Å². The van der Waals surface area contributed by atoms with Gasteiger partial charge in [-0.05, 0) is 36.9 Å². The van der Waals surface area contributed by atoms with Crippen molar-refractivity contribution in [1.29, 1.82) is 0 Å². The van der Waals surface area contributed by atoms with E-state index in [2.05, 4.69) is 5.32 Å². The molecule has 0 unspecified atom stereocenters. The number of benzene rings is 2. The predicted molar refractivity (Wildman–Crippen MR) is 81.6 cm³/mol. The van der Waals surface area contributed by atoms with Crippen LogP contribution in [0, 0.1) is 0 Å². The monoisotopic (exact) mass is 291 g/mol. The second-order valence-corrected chi connectivity index (χ2v) is 4.71. The minimum Gasteiger partial charge on any atom is -0.490 e. The normalized spacial score (nSPS) is 10.3. The van der Waals surface area contributed by atoms with Crippen molar-refractivity contribution in [3.05, 3.63) is 59.1 Å². The number of nitrogens with one attached hydrogen (secondary N) is 1. The first-order chi connectivity index (χ1) is 9.79. The lowest BCUT2D eigenvalue weighted by molar-refractivity contribution is 0.217. The third-order valence-electron chi connectivity index (χ3n) is 2.75. The highest BCUT2D eigenvalue weighted by molar-refractivity contribution is 6.32. The molecule has 0 saturated carbocycles. The van der Waals surface area contributed by atoms with Crippen LogP contribution in [0.5, 0.6) is 11.5 Å². The molecule has 0 aliphatic heterocycles. The summed E-state index contributed by atoms with van der Waals surface area (Å²) in [7, 11) is 1.93. The zero-order chi connectivity index (χ0) is 14.2. The van der Waals surface area contributed by atoms with Gasteiger partial charge in [0.25, 0.3) is 0 Å². The molecule has 0 bridgehead atoms. The molecule has 0 radical (unpaired) electrons. The van der Waals surface area contributed by atoms with Crippen LogP contribution in [-0.4, -0.2) is 20.3 Å². The van der Waals surface area contributed by atoms with E-state index in [9.17, 15) is 0 Å². The fourth-order valence-corrected chi connectivity index (χ4v) is 1.97. The van der Waals surface area contributed by atoms with Crippen LogP contribution in [0.4, 0.5) is 0 Å². The molecule has 0 saturated heterocycles. The molecule has 20 heavy (non-hydrogen) atoms. The number of hydrogen-bond donors (Lipinski definition) is 1. The fourth-order valence-electron chi connectivity index (χ4n) is 1.78. The predicted octanol–water partition coefficient (Wildman–Crippen LogP) is 3.52. The molecule has 2 aromatic rings. The first kappa shape index (κ1) is 14.7. The summed E-state index contributed by atoms with van der Waals surface area (Å²) in [6.45, 7) is 1.80. The van der Waals surface area contributed by atoms with Gasteiger partial charge in [-0.1, -0.05) is 35.9 Å². The molecule has 0 fully saturated rings. The van der Waals surface area contributed by atoms with Gasteiger partial charge in [0, 0.05) is 6.54 Å². The molecule has 0 aliphatic carbocycles. The standard InChI is InChI=1S/C16H18ClNO2/c1-18-12-13-6-8-14(9-7-13)19-10-11-20-16-5-3-2-4-15(16)17/h2-9,18H,10-12H2,1H3. The van der Waals surface area contributed by atoms with Crippen LogP contribution in [0.3, 0.4) is 0 Å². The first-order valence-corrected chi connectivity index (χ1v) is 6.91. The Morgan fingerprint density at radius 3 is 2.35 bits per heavy atom. The number of halogens is 1. The highest BCUT2D eigenvalue weighted by Gasteiger charge is 2.00. The van der Waals surface area contributed by atoms with Gasteiger partial charge in [-0.25, -0.2) is 0 Å². The molecular weight excluding hydrogens is 274 g/mol. The van der Waals surface area contributed by atoms with Gasteiger partial charge < -0.3 is 14.8 Å². The molecule has 2 rings (SSSR count). The minimum atomic E-state index is 0.460. The van der Waals surface area contributed by atoms with Crippen LogP contribution in [-0.2, 0) is 6.54 Å². The zero-order valence-electron chi connectivity index (χ0n) is 11.4. The molecule has 0 heterocycles. The van der Waals surface area contributed by atoms with E-state index in [4.69, 9.17) is 21.1 Å². The molecular formula is C16H18ClNO2. The smallest absolute Gasteiger partial charge is 0.138 e. The summed E-state index contributed by atoms with van der Waals surface area (Å²) in [5.74, 6) is 1.52. The average Bonchev–Trinajstić information content (AvgIpc) is 2.47. The zero-order valence-corrected chi connectivity index (χ0v) is 12.2. The molecule has 1 N–H and O–H groups in total. The largest absolute Gasteiger partial charge is 0.490 e. The van der Waals surface area contributed by atoms with Crippen molar-refractivity contribution in [1.82, 2.24) is 5.32 Å². The highest BCUT2D eigenvalue weighted by Crippen LogP contribution is 2.22. The summed E-state index contributed by atoms with van der Waals surface area (Å²) in [6.07, 6.45) is 0. The van der Waals surface area contributed by atoms with Crippen molar-refractivity contribution >= 4 is 11.6 Å². The van der Waals surface area contributed by atoms with Crippen molar-refractivity contribution in [2.45, 2.75) is 6.54 Å². The van der Waals surface area contributed by atoms with Gasteiger partial charge >= 0.3 is 0 Å². The SMILES string of the molecule is CNCc1ccc(OCCOc2ccccc2Cl)cc1. The van der Waals surface area contributed by atoms with Gasteiger partial charge in [-0.2, -0.15) is 0 Å². The Labute approximate surface area is 124 Å². The van der Waals surface area contributed by atoms with Crippen LogP contribution in [0.15, 0.2) is 48.5 Å². The van der Waals surface area contributed by atoms with Crippen LogP contribution < -0.4 is 14.8 Å². The van der Waals surface area contributed by atoms with Crippen LogP contribution in [0.25, 0.3) is 0 Å². The van der Waals surface area contributed by atoms with Crippen LogP contribution in [0.2, 0.25) is 5.02 Å². The molecule has 4 heteroatoms. The lowest BCUT2D eigenvalue weighted by Gasteiger charge is -2.09. The Balaban J connectivity index is 1.74. The van der Waals surface area contributed by atoms with E-state index in [1.54, 1.807) is 6.07 Å². The van der Waals surface area contributed by atoms with E-state index in [0.29, 0.717) is 24.0 Å². The first-order valence-electron chi connectivity index (χ1n) is 6.53. The van der Waals surface area contributed by atoms with Gasteiger partial charge in [0.05, 0.1) is 5.02 Å². The molecule has 3 nitrogen and oxygen atoms in total. The van der Waals surface area contributed by atoms with E-state index in [1.807, 2.05) is 49.5 Å². The number of hydrogen-bond acceptors (Lipinski definition) is 3. The lowest BCUT2D eigenvalue weighted by atomic mass is 10.2. The lowest BCUT2D eigenvalue weighted by Crippen LogP contribution is -2.09. The third-order valence-corrected chi connectivity index (χ3v) is 3.06. The second-order valence-electron chi connectivity index (χ2n) is 4.30.